The van der Waals surface area contributed by atoms with E-state index >= 15 is 0 Å². The van der Waals surface area contributed by atoms with E-state index < -0.39 is 0 Å². The molecule has 0 aliphatic carbocycles. The summed E-state index contributed by atoms with van der Waals surface area (Å²) in [6.07, 6.45) is 0. The Hall–Kier alpha value is -7.35. The fraction of sp³-hybridized carbons (Fsp3) is 0.0200. The fourth-order valence-corrected chi connectivity index (χ4v) is 8.84. The maximum absolute atomic E-state index is 9.70. The summed E-state index contributed by atoms with van der Waals surface area (Å²) in [5, 5.41) is 16.9. The van der Waals surface area contributed by atoms with Gasteiger partial charge in [-0.05, 0) is 91.3 Å². The number of hydrogen-bond donors (Lipinski definition) is 0. The van der Waals surface area contributed by atoms with Crippen LogP contribution in [0.15, 0.2) is 176 Å². The van der Waals surface area contributed by atoms with Crippen molar-refractivity contribution < 1.29 is 0 Å². The topological polar surface area (TPSA) is 38.6 Å². The van der Waals surface area contributed by atoms with Crippen LogP contribution in [0.3, 0.4) is 0 Å². The van der Waals surface area contributed by atoms with E-state index in [1.165, 1.54) is 43.8 Å². The third-order valence-electron chi connectivity index (χ3n) is 11.1. The molecule has 3 heterocycles. The molecule has 4 heteroatoms. The summed E-state index contributed by atoms with van der Waals surface area (Å²) in [5.74, 6) is 0. The number of aryl methyl sites for hydroxylation is 1. The summed E-state index contributed by atoms with van der Waals surface area (Å²) in [6.45, 7) is 2.17. The van der Waals surface area contributed by atoms with Gasteiger partial charge in [-0.3, -0.25) is 0 Å². The van der Waals surface area contributed by atoms with E-state index in [1.807, 2.05) is 12.1 Å². The quantitative estimate of drug-likeness (QED) is 0.181. The fourth-order valence-electron chi connectivity index (χ4n) is 8.84. The minimum atomic E-state index is 0.663. The van der Waals surface area contributed by atoms with Crippen molar-refractivity contribution in [1.29, 1.82) is 5.26 Å². The number of nitriles is 1. The molecule has 11 aromatic rings. The first-order valence-electron chi connectivity index (χ1n) is 18.3. The Kier molecular flexibility index (Phi) is 6.50. The Bertz CT molecular complexity index is 3310. The molecule has 0 amide bonds. The maximum atomic E-state index is 9.70. The molecule has 0 bridgehead atoms. The van der Waals surface area contributed by atoms with Crippen LogP contribution in [0.4, 0.5) is 0 Å². The number of rotatable bonds is 4. The Balaban J connectivity index is 1.17. The second-order valence-electron chi connectivity index (χ2n) is 14.2. The molecule has 0 aliphatic heterocycles. The second-order valence-corrected chi connectivity index (χ2v) is 14.2. The summed E-state index contributed by atoms with van der Waals surface area (Å²) >= 11 is 0. The minimum Gasteiger partial charge on any atom is -0.309 e. The highest BCUT2D eigenvalue weighted by atomic mass is 15.0. The zero-order valence-corrected chi connectivity index (χ0v) is 29.5. The highest BCUT2D eigenvalue weighted by Gasteiger charge is 2.21. The molecule has 0 unspecified atom stereocenters. The largest absolute Gasteiger partial charge is 0.309 e. The van der Waals surface area contributed by atoms with Gasteiger partial charge in [0.15, 0.2) is 0 Å². The molecule has 3 aromatic heterocycles. The van der Waals surface area contributed by atoms with Gasteiger partial charge in [-0.25, -0.2) is 0 Å². The Labute approximate surface area is 311 Å². The number of nitrogens with zero attached hydrogens (tertiary/aromatic N) is 4. The molecule has 0 N–H and O–H groups in total. The Morgan fingerprint density at radius 1 is 0.407 bits per heavy atom. The highest BCUT2D eigenvalue weighted by molar-refractivity contribution is 6.17. The molecule has 0 spiro atoms. The first-order chi connectivity index (χ1) is 26.7. The minimum absolute atomic E-state index is 0.663. The van der Waals surface area contributed by atoms with Crippen LogP contribution in [0, 0.1) is 18.3 Å². The lowest BCUT2D eigenvalue weighted by Gasteiger charge is -2.17. The van der Waals surface area contributed by atoms with Crippen molar-refractivity contribution in [3.63, 3.8) is 0 Å². The van der Waals surface area contributed by atoms with Gasteiger partial charge in [-0.15, -0.1) is 0 Å². The van der Waals surface area contributed by atoms with Crippen LogP contribution in [0.5, 0.6) is 0 Å². The summed E-state index contributed by atoms with van der Waals surface area (Å²) in [5.41, 5.74) is 14.4. The molecule has 0 radical (unpaired) electrons. The van der Waals surface area contributed by atoms with Crippen LogP contribution in [0.1, 0.15) is 11.1 Å². The molecule has 54 heavy (non-hydrogen) atoms. The summed E-state index contributed by atoms with van der Waals surface area (Å²) in [7, 11) is 0. The van der Waals surface area contributed by atoms with E-state index in [0.717, 1.165) is 55.3 Å². The lowest BCUT2D eigenvalue weighted by Crippen LogP contribution is -2.00. The Morgan fingerprint density at radius 3 is 1.67 bits per heavy atom. The van der Waals surface area contributed by atoms with Crippen molar-refractivity contribution in [3.05, 3.63) is 187 Å². The monoisotopic (exact) mass is 688 g/mol. The summed E-state index contributed by atoms with van der Waals surface area (Å²) < 4.78 is 7.21. The molecule has 4 nitrogen and oxygen atoms in total. The standard InChI is InChI=1S/C50H32N4/c1-32-24-26-46(40(28-32)34-12-10-13-35(30-34)52-42-18-6-4-16-38(42)41-29-33(31-51)25-27-47(41)52)54-45-21-9-5-17-39(45)50-48(22-11-23-49(50)54)53-43-19-7-2-14-36(43)37-15-3-8-20-44(37)53/h2-30H,1H3. The highest BCUT2D eigenvalue weighted by Crippen LogP contribution is 2.42. The van der Waals surface area contributed by atoms with Gasteiger partial charge < -0.3 is 13.7 Å². The third kappa shape index (κ3) is 4.30. The van der Waals surface area contributed by atoms with Crippen LogP contribution in [-0.2, 0) is 0 Å². The van der Waals surface area contributed by atoms with Gasteiger partial charge in [0.05, 0.1) is 56.1 Å². The van der Waals surface area contributed by atoms with Crippen LogP contribution in [0.2, 0.25) is 0 Å². The van der Waals surface area contributed by atoms with Crippen molar-refractivity contribution in [1.82, 2.24) is 13.7 Å². The zero-order valence-electron chi connectivity index (χ0n) is 29.5. The normalized spacial score (nSPS) is 11.8. The molecule has 0 aliphatic rings. The molecule has 252 valence electrons. The zero-order chi connectivity index (χ0) is 35.9. The van der Waals surface area contributed by atoms with E-state index in [9.17, 15) is 5.26 Å². The van der Waals surface area contributed by atoms with Gasteiger partial charge in [0.25, 0.3) is 0 Å². The van der Waals surface area contributed by atoms with Gasteiger partial charge in [0.2, 0.25) is 0 Å². The number of hydrogen-bond acceptors (Lipinski definition) is 1. The molecule has 0 saturated carbocycles. The average Bonchev–Trinajstić information content (AvgIpc) is 3.86. The van der Waals surface area contributed by atoms with E-state index in [4.69, 9.17) is 0 Å². The van der Waals surface area contributed by atoms with Gasteiger partial charge in [0, 0.05) is 43.6 Å². The number of para-hydroxylation sites is 4. The van der Waals surface area contributed by atoms with Crippen LogP contribution < -0.4 is 0 Å². The average molecular weight is 689 g/mol. The molecule has 0 atom stereocenters. The first-order valence-corrected chi connectivity index (χ1v) is 18.3. The second kappa shape index (κ2) is 11.6. The van der Waals surface area contributed by atoms with Crippen molar-refractivity contribution >= 4 is 65.4 Å². The van der Waals surface area contributed by atoms with E-state index in [0.29, 0.717) is 5.56 Å². The number of aromatic nitrogens is 3. The first kappa shape index (κ1) is 30.3. The lowest BCUT2D eigenvalue weighted by atomic mass is 10.00. The van der Waals surface area contributed by atoms with Crippen LogP contribution in [-0.4, -0.2) is 13.7 Å². The van der Waals surface area contributed by atoms with Crippen LogP contribution in [0.25, 0.3) is 93.6 Å². The van der Waals surface area contributed by atoms with Crippen molar-refractivity contribution in [2.24, 2.45) is 0 Å². The third-order valence-corrected chi connectivity index (χ3v) is 11.1. The van der Waals surface area contributed by atoms with Gasteiger partial charge in [-0.1, -0.05) is 103 Å². The summed E-state index contributed by atoms with van der Waals surface area (Å²) in [6, 6.07) is 65.5. The number of benzene rings is 8. The van der Waals surface area contributed by atoms with Crippen molar-refractivity contribution in [2.75, 3.05) is 0 Å². The molecular formula is C50H32N4. The van der Waals surface area contributed by atoms with E-state index in [-0.39, 0.29) is 0 Å². The van der Waals surface area contributed by atoms with Gasteiger partial charge in [0.1, 0.15) is 0 Å². The van der Waals surface area contributed by atoms with Gasteiger partial charge in [-0.2, -0.15) is 5.26 Å². The van der Waals surface area contributed by atoms with Crippen molar-refractivity contribution in [3.8, 4) is 34.3 Å². The smallest absolute Gasteiger partial charge is 0.0991 e. The van der Waals surface area contributed by atoms with Crippen LogP contribution >= 0.6 is 0 Å². The molecule has 11 rings (SSSR count). The predicted molar refractivity (Wildman–Crippen MR) is 224 cm³/mol. The maximum Gasteiger partial charge on any atom is 0.0991 e. The number of fused-ring (bicyclic) bond motifs is 9. The lowest BCUT2D eigenvalue weighted by molar-refractivity contribution is 1.16. The molecule has 8 aromatic carbocycles. The van der Waals surface area contributed by atoms with Crippen molar-refractivity contribution in [2.45, 2.75) is 6.92 Å². The predicted octanol–water partition coefficient (Wildman–Crippen LogP) is 12.8. The molecule has 0 fully saturated rings. The SMILES string of the molecule is Cc1ccc(-n2c3ccccc3c3c(-n4c5ccccc5c5ccccc54)cccc32)c(-c2cccc(-n3c4ccccc4c4cc(C#N)ccc43)c2)c1. The molecule has 0 saturated heterocycles. The van der Waals surface area contributed by atoms with Gasteiger partial charge >= 0.3 is 0 Å². The van der Waals surface area contributed by atoms with E-state index in [2.05, 4.69) is 190 Å². The van der Waals surface area contributed by atoms with E-state index in [1.54, 1.807) is 0 Å². The molecular weight excluding hydrogens is 657 g/mol. The summed E-state index contributed by atoms with van der Waals surface area (Å²) in [4.78, 5) is 0. The Morgan fingerprint density at radius 2 is 0.963 bits per heavy atom.